The monoisotopic (exact) mass is 366 g/mol. The number of likely N-dealkylation sites (N-methyl/N-ethyl adjacent to an activating group) is 1. The van der Waals surface area contributed by atoms with Crippen molar-refractivity contribution in [3.8, 4) is 0 Å². The minimum Gasteiger partial charge on any atom is -0.335 e. The summed E-state index contributed by atoms with van der Waals surface area (Å²) >= 11 is 0. The number of anilines is 1. The molecule has 1 aromatic heterocycles. The molecule has 8 heteroatoms. The Morgan fingerprint density at radius 2 is 1.70 bits per heavy atom. The normalized spacial score (nSPS) is 10.6. The fourth-order valence-electron chi connectivity index (χ4n) is 2.68. The Hall–Kier alpha value is -3.68. The van der Waals surface area contributed by atoms with E-state index >= 15 is 0 Å². The van der Waals surface area contributed by atoms with E-state index in [4.69, 9.17) is 0 Å². The van der Waals surface area contributed by atoms with Gasteiger partial charge >= 0.3 is 5.69 Å². The second-order valence-corrected chi connectivity index (χ2v) is 6.03. The smallest absolute Gasteiger partial charge is 0.329 e. The summed E-state index contributed by atoms with van der Waals surface area (Å²) in [7, 11) is 1.48. The Morgan fingerprint density at radius 1 is 1.04 bits per heavy atom. The summed E-state index contributed by atoms with van der Waals surface area (Å²) in [4.78, 5) is 52.0. The molecule has 0 aliphatic carbocycles. The maximum atomic E-state index is 12.5. The molecule has 0 atom stereocenters. The number of aromatic nitrogens is 2. The highest BCUT2D eigenvalue weighted by Crippen LogP contribution is 2.07. The van der Waals surface area contributed by atoms with Crippen LogP contribution in [0, 0.1) is 0 Å². The minimum absolute atomic E-state index is 0.163. The van der Waals surface area contributed by atoms with E-state index in [0.29, 0.717) is 16.6 Å². The molecule has 0 aliphatic heterocycles. The number of rotatable bonds is 5. The predicted molar refractivity (Wildman–Crippen MR) is 102 cm³/mol. The van der Waals surface area contributed by atoms with Gasteiger partial charge in [-0.2, -0.15) is 0 Å². The Balaban J connectivity index is 1.74. The second-order valence-electron chi connectivity index (χ2n) is 6.03. The summed E-state index contributed by atoms with van der Waals surface area (Å²) in [6.45, 7) is -0.449. The molecule has 1 heterocycles. The molecule has 0 saturated heterocycles. The molecule has 0 saturated carbocycles. The topological polar surface area (TPSA) is 104 Å². The van der Waals surface area contributed by atoms with E-state index in [-0.39, 0.29) is 19.0 Å². The highest BCUT2D eigenvalue weighted by molar-refractivity contribution is 5.94. The number of nitrogens with one attached hydrogen (secondary N) is 2. The van der Waals surface area contributed by atoms with E-state index in [9.17, 15) is 19.2 Å². The average Bonchev–Trinajstić information content (AvgIpc) is 2.65. The number of benzene rings is 2. The zero-order valence-corrected chi connectivity index (χ0v) is 14.6. The van der Waals surface area contributed by atoms with Crippen LogP contribution in [0.5, 0.6) is 0 Å². The highest BCUT2D eigenvalue weighted by atomic mass is 16.2. The first-order chi connectivity index (χ1) is 13.0. The van der Waals surface area contributed by atoms with Gasteiger partial charge < -0.3 is 10.2 Å². The van der Waals surface area contributed by atoms with Crippen molar-refractivity contribution in [3.63, 3.8) is 0 Å². The molecule has 3 aromatic rings. The quantitative estimate of drug-likeness (QED) is 0.696. The minimum atomic E-state index is -0.672. The van der Waals surface area contributed by atoms with Crippen LogP contribution in [0.25, 0.3) is 10.9 Å². The number of H-pyrrole nitrogens is 1. The van der Waals surface area contributed by atoms with E-state index in [1.807, 2.05) is 6.07 Å². The zero-order valence-electron chi connectivity index (χ0n) is 14.6. The fraction of sp³-hybridized carbons (Fsp3) is 0.158. The van der Waals surface area contributed by atoms with Gasteiger partial charge in [-0.3, -0.25) is 23.9 Å². The Kier molecular flexibility index (Phi) is 5.16. The molecule has 27 heavy (non-hydrogen) atoms. The van der Waals surface area contributed by atoms with Crippen LogP contribution in [-0.4, -0.2) is 39.9 Å². The maximum Gasteiger partial charge on any atom is 0.329 e. The number of carbonyl (C=O) groups is 2. The molecular weight excluding hydrogens is 348 g/mol. The molecule has 0 aliphatic rings. The van der Waals surface area contributed by atoms with Crippen molar-refractivity contribution in [2.24, 2.45) is 0 Å². The summed E-state index contributed by atoms with van der Waals surface area (Å²) in [6.07, 6.45) is 0. The molecule has 8 nitrogen and oxygen atoms in total. The summed E-state index contributed by atoms with van der Waals surface area (Å²) < 4.78 is 1.19. The summed E-state index contributed by atoms with van der Waals surface area (Å²) in [5.74, 6) is -0.784. The van der Waals surface area contributed by atoms with Gasteiger partial charge in [-0.25, -0.2) is 4.79 Å². The van der Waals surface area contributed by atoms with Crippen molar-refractivity contribution in [1.82, 2.24) is 14.5 Å². The van der Waals surface area contributed by atoms with Crippen molar-refractivity contribution in [2.45, 2.75) is 6.54 Å². The van der Waals surface area contributed by atoms with Gasteiger partial charge in [0.25, 0.3) is 5.56 Å². The summed E-state index contributed by atoms with van der Waals surface area (Å²) in [5.41, 5.74) is -0.183. The molecule has 2 aromatic carbocycles. The van der Waals surface area contributed by atoms with Crippen molar-refractivity contribution in [3.05, 3.63) is 75.4 Å². The van der Waals surface area contributed by atoms with Crippen LogP contribution in [0.4, 0.5) is 5.69 Å². The zero-order chi connectivity index (χ0) is 19.4. The van der Waals surface area contributed by atoms with Gasteiger partial charge in [0, 0.05) is 12.7 Å². The number of amides is 2. The van der Waals surface area contributed by atoms with Crippen LogP contribution < -0.4 is 16.6 Å². The van der Waals surface area contributed by atoms with Crippen LogP contribution in [0.1, 0.15) is 0 Å². The molecule has 0 unspecified atom stereocenters. The lowest BCUT2D eigenvalue weighted by Gasteiger charge is -2.18. The van der Waals surface area contributed by atoms with E-state index in [0.717, 1.165) is 0 Å². The molecule has 138 valence electrons. The van der Waals surface area contributed by atoms with Crippen LogP contribution in [-0.2, 0) is 16.1 Å². The number of para-hydroxylation sites is 2. The highest BCUT2D eigenvalue weighted by Gasteiger charge is 2.16. The summed E-state index contributed by atoms with van der Waals surface area (Å²) in [5, 5.41) is 3.01. The van der Waals surface area contributed by atoms with Gasteiger partial charge in [-0.15, -0.1) is 0 Å². The van der Waals surface area contributed by atoms with Crippen molar-refractivity contribution < 1.29 is 9.59 Å². The molecule has 3 rings (SSSR count). The molecule has 0 radical (unpaired) electrons. The molecular formula is C19H18N4O4. The first kappa shape index (κ1) is 18.1. The Labute approximate surface area is 154 Å². The fourth-order valence-corrected chi connectivity index (χ4v) is 2.68. The largest absolute Gasteiger partial charge is 0.335 e. The van der Waals surface area contributed by atoms with Crippen LogP contribution in [0.15, 0.2) is 64.2 Å². The van der Waals surface area contributed by atoms with Gasteiger partial charge in [-0.05, 0) is 24.3 Å². The van der Waals surface area contributed by atoms with Crippen molar-refractivity contribution in [1.29, 1.82) is 0 Å². The SMILES string of the molecule is CN(CC(=O)Nc1ccccc1)C(=O)Cn1c(=O)[nH]c(=O)c2ccccc21. The number of hydrogen-bond acceptors (Lipinski definition) is 4. The van der Waals surface area contributed by atoms with E-state index in [1.165, 1.54) is 16.5 Å². The maximum absolute atomic E-state index is 12.5. The Bertz CT molecular complexity index is 1100. The van der Waals surface area contributed by atoms with E-state index in [1.54, 1.807) is 48.5 Å². The predicted octanol–water partition coefficient (Wildman–Crippen LogP) is 0.787. The number of fused-ring (bicyclic) bond motifs is 1. The van der Waals surface area contributed by atoms with Gasteiger partial charge in [0.1, 0.15) is 6.54 Å². The first-order valence-electron chi connectivity index (χ1n) is 8.26. The van der Waals surface area contributed by atoms with Crippen molar-refractivity contribution >= 4 is 28.4 Å². The van der Waals surface area contributed by atoms with E-state index < -0.39 is 17.2 Å². The Morgan fingerprint density at radius 3 is 2.44 bits per heavy atom. The standard InChI is InChI=1S/C19H18N4O4/c1-22(11-16(24)20-13-7-3-2-4-8-13)17(25)12-23-15-10-6-5-9-14(15)18(26)21-19(23)27/h2-10H,11-12H2,1H3,(H,20,24)(H,21,26,27). The van der Waals surface area contributed by atoms with E-state index in [2.05, 4.69) is 10.3 Å². The molecule has 0 fully saturated rings. The molecule has 0 spiro atoms. The van der Waals surface area contributed by atoms with Gasteiger partial charge in [0.05, 0.1) is 17.4 Å². The lowest BCUT2D eigenvalue weighted by Crippen LogP contribution is -2.40. The third-order valence-corrected chi connectivity index (χ3v) is 4.06. The number of aromatic amines is 1. The lowest BCUT2D eigenvalue weighted by atomic mass is 10.2. The van der Waals surface area contributed by atoms with Crippen LogP contribution in [0.3, 0.4) is 0 Å². The average molecular weight is 366 g/mol. The molecule has 0 bridgehead atoms. The lowest BCUT2D eigenvalue weighted by molar-refractivity contribution is -0.133. The number of carbonyl (C=O) groups excluding carboxylic acids is 2. The van der Waals surface area contributed by atoms with Crippen molar-refractivity contribution in [2.75, 3.05) is 18.9 Å². The first-order valence-corrected chi connectivity index (χ1v) is 8.26. The van der Waals surface area contributed by atoms with Gasteiger partial charge in [0.15, 0.2) is 0 Å². The molecule has 2 N–H and O–H groups in total. The van der Waals surface area contributed by atoms with Gasteiger partial charge in [-0.1, -0.05) is 30.3 Å². The third kappa shape index (κ3) is 4.12. The van der Waals surface area contributed by atoms with Crippen LogP contribution >= 0.6 is 0 Å². The molecule has 2 amide bonds. The van der Waals surface area contributed by atoms with Gasteiger partial charge in [0.2, 0.25) is 11.8 Å². The summed E-state index contributed by atoms with van der Waals surface area (Å²) in [6, 6.07) is 15.4. The number of hydrogen-bond donors (Lipinski definition) is 2. The van der Waals surface area contributed by atoms with Crippen LogP contribution in [0.2, 0.25) is 0 Å². The third-order valence-electron chi connectivity index (χ3n) is 4.06. The number of nitrogens with zero attached hydrogens (tertiary/aromatic N) is 2. The second kappa shape index (κ2) is 7.69.